The topological polar surface area (TPSA) is 85.2 Å². The Morgan fingerprint density at radius 1 is 0.921 bits per heavy atom. The van der Waals surface area contributed by atoms with Crippen LogP contribution in [0.25, 0.3) is 17.0 Å². The number of Topliss-reactive ketones (excluding diaryl/α,β-unsaturated/α-hetero) is 1. The van der Waals surface area contributed by atoms with Crippen molar-refractivity contribution in [1.82, 2.24) is 4.57 Å². The lowest BCUT2D eigenvalue weighted by Gasteiger charge is -2.10. The maximum atomic E-state index is 13.3. The van der Waals surface area contributed by atoms with Crippen LogP contribution in [0.5, 0.6) is 28.7 Å². The van der Waals surface area contributed by atoms with Gasteiger partial charge in [0.2, 0.25) is 5.78 Å². The lowest BCUT2D eigenvalue weighted by molar-refractivity contribution is 0.0733. The molecule has 0 radical (unpaired) electrons. The molecule has 0 bridgehead atoms. The summed E-state index contributed by atoms with van der Waals surface area (Å²) in [6, 6.07) is 13.8. The van der Waals surface area contributed by atoms with Gasteiger partial charge in [-0.15, -0.1) is 0 Å². The van der Waals surface area contributed by atoms with Crippen LogP contribution in [-0.4, -0.2) is 37.6 Å². The van der Waals surface area contributed by atoms with Crippen molar-refractivity contribution in [2.24, 2.45) is 0 Å². The largest absolute Gasteiger partial charge is 0.497 e. The van der Waals surface area contributed by atoms with Gasteiger partial charge in [-0.3, -0.25) is 4.79 Å². The summed E-state index contributed by atoms with van der Waals surface area (Å²) in [7, 11) is 4.63. The lowest BCUT2D eigenvalue weighted by atomic mass is 10.0. The van der Waals surface area contributed by atoms with Crippen molar-refractivity contribution in [1.29, 1.82) is 0 Å². The molecule has 2 heterocycles. The van der Waals surface area contributed by atoms with Crippen LogP contribution in [-0.2, 0) is 6.54 Å². The van der Waals surface area contributed by atoms with Crippen molar-refractivity contribution in [2.45, 2.75) is 20.4 Å². The molecule has 194 valence electrons. The Balaban J connectivity index is 1.46. The number of fused-ring (bicyclic) bond motifs is 2. The molecule has 0 amide bonds. The average molecular weight is 514 g/mol. The van der Waals surface area contributed by atoms with Crippen molar-refractivity contribution in [3.63, 3.8) is 0 Å². The summed E-state index contributed by atoms with van der Waals surface area (Å²) in [6.45, 7) is 4.61. The Bertz CT molecular complexity index is 1590. The predicted molar refractivity (Wildman–Crippen MR) is 143 cm³/mol. The van der Waals surface area contributed by atoms with Crippen molar-refractivity contribution >= 4 is 28.7 Å². The number of ether oxygens (including phenoxy) is 5. The van der Waals surface area contributed by atoms with Crippen LogP contribution >= 0.6 is 0 Å². The predicted octanol–water partition coefficient (Wildman–Crippen LogP) is 5.83. The van der Waals surface area contributed by atoms with Gasteiger partial charge in [0, 0.05) is 41.3 Å². The summed E-state index contributed by atoms with van der Waals surface area (Å²) in [5.74, 6) is 1.63. The Kier molecular flexibility index (Phi) is 6.55. The molecule has 1 aliphatic rings. The van der Waals surface area contributed by atoms with Crippen LogP contribution in [0.15, 0.2) is 60.5 Å². The van der Waals surface area contributed by atoms with E-state index in [1.807, 2.05) is 24.4 Å². The van der Waals surface area contributed by atoms with E-state index in [0.717, 1.165) is 28.8 Å². The monoisotopic (exact) mass is 513 g/mol. The number of hydrogen-bond donors (Lipinski definition) is 0. The molecule has 1 aromatic heterocycles. The minimum atomic E-state index is -0.594. The Morgan fingerprint density at radius 3 is 2.29 bits per heavy atom. The third-order valence-corrected chi connectivity index (χ3v) is 6.49. The van der Waals surface area contributed by atoms with E-state index in [2.05, 4.69) is 11.5 Å². The zero-order valence-corrected chi connectivity index (χ0v) is 21.8. The molecule has 3 aromatic carbocycles. The first kappa shape index (κ1) is 25.0. The highest BCUT2D eigenvalue weighted by atomic mass is 16.5. The number of aryl methyl sites for hydroxylation is 2. The third-order valence-electron chi connectivity index (χ3n) is 6.49. The highest BCUT2D eigenvalue weighted by Gasteiger charge is 2.31. The zero-order valence-electron chi connectivity index (χ0n) is 21.8. The molecule has 0 fully saturated rings. The molecule has 8 heteroatoms. The summed E-state index contributed by atoms with van der Waals surface area (Å²) in [5.41, 5.74) is 3.21. The number of carbonyl (C=O) groups excluding carboxylic acids is 2. The Hall–Kier alpha value is -4.72. The van der Waals surface area contributed by atoms with Gasteiger partial charge in [-0.05, 0) is 61.9 Å². The van der Waals surface area contributed by atoms with Gasteiger partial charge in [0.25, 0.3) is 0 Å². The number of hydrogen-bond acceptors (Lipinski definition) is 7. The molecule has 38 heavy (non-hydrogen) atoms. The van der Waals surface area contributed by atoms with Crippen LogP contribution < -0.4 is 23.7 Å². The second-order valence-electron chi connectivity index (χ2n) is 8.80. The number of esters is 1. The fourth-order valence-electron chi connectivity index (χ4n) is 4.58. The number of ketones is 1. The van der Waals surface area contributed by atoms with E-state index in [-0.39, 0.29) is 22.9 Å². The molecule has 5 rings (SSSR count). The number of nitrogens with zero attached hydrogens (tertiary/aromatic N) is 1. The normalized spacial score (nSPS) is 13.4. The highest BCUT2D eigenvalue weighted by molar-refractivity contribution is 6.16. The Morgan fingerprint density at radius 2 is 1.63 bits per heavy atom. The van der Waals surface area contributed by atoms with E-state index >= 15 is 0 Å². The highest BCUT2D eigenvalue weighted by Crippen LogP contribution is 2.39. The van der Waals surface area contributed by atoms with E-state index in [9.17, 15) is 9.59 Å². The SMILES string of the molecule is CCn1cc(/C=C2\Oc3cc(OC(=O)c4cc(OC)cc(OC)c4)cc(C)c3C2=O)c2cc(OC)ccc21. The molecule has 8 nitrogen and oxygen atoms in total. The van der Waals surface area contributed by atoms with Gasteiger partial charge in [-0.25, -0.2) is 4.79 Å². The standard InChI is InChI=1S/C30H27NO7/c1-6-31-16-19(24-14-20(34-3)7-8-25(24)31)12-27-29(32)28-17(2)9-23(15-26(28)38-27)37-30(33)18-10-21(35-4)13-22(11-18)36-5/h7-16H,6H2,1-5H3/b27-12-. The molecule has 0 aliphatic carbocycles. The van der Waals surface area contributed by atoms with Gasteiger partial charge in [0.1, 0.15) is 28.7 Å². The van der Waals surface area contributed by atoms with Crippen LogP contribution in [0.4, 0.5) is 0 Å². The molecule has 0 unspecified atom stereocenters. The van der Waals surface area contributed by atoms with Gasteiger partial charge in [-0.1, -0.05) is 0 Å². The van der Waals surface area contributed by atoms with Gasteiger partial charge in [0.15, 0.2) is 5.76 Å². The van der Waals surface area contributed by atoms with Crippen molar-refractivity contribution in [3.05, 3.63) is 82.7 Å². The van der Waals surface area contributed by atoms with Crippen LogP contribution in [0, 0.1) is 6.92 Å². The van der Waals surface area contributed by atoms with Gasteiger partial charge >= 0.3 is 5.97 Å². The minimum absolute atomic E-state index is 0.196. The molecule has 0 N–H and O–H groups in total. The van der Waals surface area contributed by atoms with E-state index in [1.54, 1.807) is 50.4 Å². The molecular weight excluding hydrogens is 486 g/mol. The fourth-order valence-corrected chi connectivity index (χ4v) is 4.58. The first-order valence-electron chi connectivity index (χ1n) is 12.1. The number of allylic oxidation sites excluding steroid dienone is 1. The quantitative estimate of drug-likeness (QED) is 0.175. The third kappa shape index (κ3) is 4.45. The average Bonchev–Trinajstić information content (AvgIpc) is 3.44. The lowest BCUT2D eigenvalue weighted by Crippen LogP contribution is -2.09. The summed E-state index contributed by atoms with van der Waals surface area (Å²) in [5, 5.41) is 0.950. The maximum absolute atomic E-state index is 13.3. The second-order valence-corrected chi connectivity index (χ2v) is 8.80. The van der Waals surface area contributed by atoms with Gasteiger partial charge in [0.05, 0.1) is 32.5 Å². The zero-order chi connectivity index (χ0) is 27.0. The fraction of sp³-hybridized carbons (Fsp3) is 0.200. The van der Waals surface area contributed by atoms with Gasteiger partial charge in [-0.2, -0.15) is 0 Å². The Labute approximate surface area is 219 Å². The molecule has 0 atom stereocenters. The molecule has 0 spiro atoms. The van der Waals surface area contributed by atoms with E-state index in [4.69, 9.17) is 23.7 Å². The van der Waals surface area contributed by atoms with E-state index in [0.29, 0.717) is 28.4 Å². The molecule has 1 aliphatic heterocycles. The van der Waals surface area contributed by atoms with Crippen molar-refractivity contribution in [3.8, 4) is 28.7 Å². The molecular formula is C30H27NO7. The summed E-state index contributed by atoms with van der Waals surface area (Å²) < 4.78 is 29.6. The number of benzene rings is 3. The van der Waals surface area contributed by atoms with E-state index in [1.165, 1.54) is 14.2 Å². The maximum Gasteiger partial charge on any atom is 0.343 e. The number of rotatable bonds is 7. The van der Waals surface area contributed by atoms with Gasteiger partial charge < -0.3 is 28.3 Å². The number of aromatic nitrogens is 1. The number of methoxy groups -OCH3 is 3. The smallest absolute Gasteiger partial charge is 0.343 e. The van der Waals surface area contributed by atoms with Crippen LogP contribution in [0.1, 0.15) is 38.8 Å². The first-order chi connectivity index (χ1) is 18.3. The van der Waals surface area contributed by atoms with Crippen LogP contribution in [0.2, 0.25) is 0 Å². The molecule has 0 saturated heterocycles. The summed E-state index contributed by atoms with van der Waals surface area (Å²) >= 11 is 0. The van der Waals surface area contributed by atoms with Crippen molar-refractivity contribution < 1.29 is 33.3 Å². The minimum Gasteiger partial charge on any atom is -0.497 e. The molecule has 4 aromatic rings. The number of carbonyl (C=O) groups is 2. The van der Waals surface area contributed by atoms with E-state index < -0.39 is 5.97 Å². The van der Waals surface area contributed by atoms with Crippen molar-refractivity contribution in [2.75, 3.05) is 21.3 Å². The summed E-state index contributed by atoms with van der Waals surface area (Å²) in [6.07, 6.45) is 3.73. The molecule has 0 saturated carbocycles. The first-order valence-corrected chi connectivity index (χ1v) is 12.1. The summed E-state index contributed by atoms with van der Waals surface area (Å²) in [4.78, 5) is 26.2. The van der Waals surface area contributed by atoms with Crippen LogP contribution in [0.3, 0.4) is 0 Å². The second kappa shape index (κ2) is 9.97.